The van der Waals surface area contributed by atoms with E-state index in [2.05, 4.69) is 20.9 Å². The van der Waals surface area contributed by atoms with Gasteiger partial charge in [-0.2, -0.15) is 0 Å². The molecule has 1 rings (SSSR count). The summed E-state index contributed by atoms with van der Waals surface area (Å²) in [5.74, 6) is -0.0519. The lowest BCUT2D eigenvalue weighted by atomic mass is 10.2. The van der Waals surface area contributed by atoms with Crippen LogP contribution < -0.4 is 4.74 Å². The summed E-state index contributed by atoms with van der Waals surface area (Å²) >= 11 is 2.98. The molecule has 0 aliphatic heterocycles. The summed E-state index contributed by atoms with van der Waals surface area (Å²) in [4.78, 5) is 14.1. The molecule has 0 aliphatic rings. The van der Waals surface area contributed by atoms with Crippen LogP contribution in [0.3, 0.4) is 0 Å². The van der Waals surface area contributed by atoms with Crippen LogP contribution in [0, 0.1) is 0 Å². The van der Waals surface area contributed by atoms with Gasteiger partial charge in [0, 0.05) is 6.07 Å². The highest BCUT2D eigenvalue weighted by Gasteiger charge is 2.20. The van der Waals surface area contributed by atoms with E-state index in [1.54, 1.807) is 0 Å². The third-order valence-corrected chi connectivity index (χ3v) is 1.97. The molecule has 0 saturated carbocycles. The van der Waals surface area contributed by atoms with Gasteiger partial charge in [0.2, 0.25) is 0 Å². The van der Waals surface area contributed by atoms with Crippen molar-refractivity contribution in [2.24, 2.45) is 0 Å². The van der Waals surface area contributed by atoms with Gasteiger partial charge < -0.3 is 4.74 Å². The Bertz CT molecular complexity index is 357. The zero-order valence-electron chi connectivity index (χ0n) is 7.13. The highest BCUT2D eigenvalue weighted by Crippen LogP contribution is 2.32. The van der Waals surface area contributed by atoms with Crippen LogP contribution in [-0.4, -0.2) is 18.4 Å². The van der Waals surface area contributed by atoms with E-state index in [-0.39, 0.29) is 22.3 Å². The van der Waals surface area contributed by atoms with Gasteiger partial charge in [-0.1, -0.05) is 0 Å². The Morgan fingerprint density at radius 2 is 2.29 bits per heavy atom. The molecule has 1 aromatic heterocycles. The molecule has 1 aromatic rings. The van der Waals surface area contributed by atoms with Crippen LogP contribution in [0.4, 0.5) is 8.78 Å². The molecular weight excluding hydrogens is 260 g/mol. The first-order chi connectivity index (χ1) is 6.60. The molecule has 0 bridgehead atoms. The predicted molar refractivity (Wildman–Crippen MR) is 48.8 cm³/mol. The van der Waals surface area contributed by atoms with Crippen molar-refractivity contribution in [3.05, 3.63) is 21.9 Å². The Labute approximate surface area is 87.2 Å². The topological polar surface area (TPSA) is 39.2 Å². The molecule has 0 spiro atoms. The number of hydrogen-bond donors (Lipinski definition) is 0. The Hall–Kier alpha value is -1.04. The molecule has 0 amide bonds. The van der Waals surface area contributed by atoms with Gasteiger partial charge >= 0.3 is 0 Å². The first-order valence-electron chi connectivity index (χ1n) is 3.58. The van der Waals surface area contributed by atoms with E-state index in [0.29, 0.717) is 0 Å². The molecule has 0 saturated heterocycles. The predicted octanol–water partition coefficient (Wildman–Crippen LogP) is 2.60. The van der Waals surface area contributed by atoms with E-state index in [1.165, 1.54) is 13.2 Å². The van der Waals surface area contributed by atoms with E-state index < -0.39 is 12.0 Å². The Morgan fingerprint density at radius 3 is 2.71 bits per heavy atom. The van der Waals surface area contributed by atoms with Crippen LogP contribution in [0.5, 0.6) is 5.75 Å². The second-order valence-electron chi connectivity index (χ2n) is 2.36. The number of methoxy groups -OCH3 is 1. The average Bonchev–Trinajstić information content (AvgIpc) is 2.15. The molecule has 3 nitrogen and oxygen atoms in total. The molecule has 0 unspecified atom stereocenters. The van der Waals surface area contributed by atoms with E-state index in [0.717, 1.165) is 0 Å². The molecule has 0 fully saturated rings. The first-order valence-corrected chi connectivity index (χ1v) is 4.37. The summed E-state index contributed by atoms with van der Waals surface area (Å²) in [5, 5.41) is 0. The van der Waals surface area contributed by atoms with Crippen LogP contribution in [0.1, 0.15) is 22.5 Å². The van der Waals surface area contributed by atoms with Gasteiger partial charge in [0.05, 0.1) is 12.7 Å². The Balaban J connectivity index is 3.40. The van der Waals surface area contributed by atoms with Crippen LogP contribution in [0.2, 0.25) is 0 Å². The maximum Gasteiger partial charge on any atom is 0.269 e. The number of pyridine rings is 1. The van der Waals surface area contributed by atoms with E-state index in [9.17, 15) is 13.6 Å². The fourth-order valence-electron chi connectivity index (χ4n) is 0.998. The van der Waals surface area contributed by atoms with Crippen molar-refractivity contribution in [2.45, 2.75) is 6.43 Å². The number of rotatable bonds is 3. The Kier molecular flexibility index (Phi) is 3.51. The molecule has 0 N–H and O–H groups in total. The lowest BCUT2D eigenvalue weighted by Gasteiger charge is -2.09. The molecule has 0 aromatic carbocycles. The van der Waals surface area contributed by atoms with Gasteiger partial charge in [-0.25, -0.2) is 13.8 Å². The van der Waals surface area contributed by atoms with Gasteiger partial charge in [-0.3, -0.25) is 4.79 Å². The van der Waals surface area contributed by atoms with Crippen LogP contribution >= 0.6 is 15.9 Å². The van der Waals surface area contributed by atoms with Crippen molar-refractivity contribution >= 4 is 22.2 Å². The second kappa shape index (κ2) is 4.45. The molecular formula is C8H6BrF2NO2. The van der Waals surface area contributed by atoms with Crippen molar-refractivity contribution in [2.75, 3.05) is 7.11 Å². The number of alkyl halides is 2. The average molecular weight is 266 g/mol. The maximum absolute atomic E-state index is 12.5. The molecule has 0 atom stereocenters. The third-order valence-electron chi connectivity index (χ3n) is 1.57. The van der Waals surface area contributed by atoms with Gasteiger partial charge in [0.25, 0.3) is 6.43 Å². The number of carbonyl (C=O) groups excluding carboxylic acids is 1. The van der Waals surface area contributed by atoms with Gasteiger partial charge in [0.1, 0.15) is 16.0 Å². The lowest BCUT2D eigenvalue weighted by molar-refractivity contribution is 0.109. The van der Waals surface area contributed by atoms with E-state index >= 15 is 0 Å². The number of halogens is 3. The molecule has 76 valence electrons. The molecule has 0 aliphatic carbocycles. The van der Waals surface area contributed by atoms with Crippen LogP contribution in [0.25, 0.3) is 0 Å². The number of hydrogen-bond acceptors (Lipinski definition) is 3. The fraction of sp³-hybridized carbons (Fsp3) is 0.250. The first kappa shape index (κ1) is 11.0. The maximum atomic E-state index is 12.5. The zero-order chi connectivity index (χ0) is 10.7. The van der Waals surface area contributed by atoms with E-state index in [4.69, 9.17) is 4.74 Å². The number of ether oxygens (including phenoxy) is 1. The highest BCUT2D eigenvalue weighted by atomic mass is 79.9. The fourth-order valence-corrected chi connectivity index (χ4v) is 1.40. The monoisotopic (exact) mass is 265 g/mol. The second-order valence-corrected chi connectivity index (χ2v) is 3.18. The smallest absolute Gasteiger partial charge is 0.269 e. The minimum Gasteiger partial charge on any atom is -0.496 e. The van der Waals surface area contributed by atoms with Crippen molar-refractivity contribution in [1.29, 1.82) is 0 Å². The number of aldehydes is 1. The molecule has 14 heavy (non-hydrogen) atoms. The Morgan fingerprint density at radius 1 is 1.64 bits per heavy atom. The summed E-state index contributed by atoms with van der Waals surface area (Å²) in [7, 11) is 1.25. The molecule has 6 heteroatoms. The van der Waals surface area contributed by atoms with Crippen molar-refractivity contribution in [1.82, 2.24) is 4.98 Å². The van der Waals surface area contributed by atoms with E-state index in [1.807, 2.05) is 0 Å². The lowest BCUT2D eigenvalue weighted by Crippen LogP contribution is -2.01. The zero-order valence-corrected chi connectivity index (χ0v) is 8.72. The molecule has 1 heterocycles. The number of aromatic nitrogens is 1. The minimum atomic E-state index is -2.79. The van der Waals surface area contributed by atoms with Gasteiger partial charge in [0.15, 0.2) is 6.29 Å². The minimum absolute atomic E-state index is 0.0519. The summed E-state index contributed by atoms with van der Waals surface area (Å²) in [6.07, 6.45) is -2.51. The third kappa shape index (κ3) is 2.06. The van der Waals surface area contributed by atoms with Gasteiger partial charge in [-0.15, -0.1) is 0 Å². The van der Waals surface area contributed by atoms with Crippen molar-refractivity contribution < 1.29 is 18.3 Å². The molecule has 0 radical (unpaired) electrons. The highest BCUT2D eigenvalue weighted by molar-refractivity contribution is 9.10. The largest absolute Gasteiger partial charge is 0.496 e. The number of carbonyl (C=O) groups is 1. The van der Waals surface area contributed by atoms with Gasteiger partial charge in [-0.05, 0) is 15.9 Å². The quantitative estimate of drug-likeness (QED) is 0.623. The van der Waals surface area contributed by atoms with Crippen molar-refractivity contribution in [3.8, 4) is 5.75 Å². The standard InChI is InChI=1S/C8H6BrF2NO2/c1-14-5-2-6(9)12-4(3-13)7(5)8(10)11/h2-3,8H,1H3. The number of nitrogens with zero attached hydrogens (tertiary/aromatic N) is 1. The van der Waals surface area contributed by atoms with Crippen molar-refractivity contribution in [3.63, 3.8) is 0 Å². The van der Waals surface area contributed by atoms with Crippen LogP contribution in [0.15, 0.2) is 10.7 Å². The summed E-state index contributed by atoms with van der Waals surface area (Å²) in [6.45, 7) is 0. The summed E-state index contributed by atoms with van der Waals surface area (Å²) in [5.41, 5.74) is -0.795. The summed E-state index contributed by atoms with van der Waals surface area (Å²) < 4.78 is 30.0. The normalized spacial score (nSPS) is 10.4. The SMILES string of the molecule is COc1cc(Br)nc(C=O)c1C(F)F. The summed E-state index contributed by atoms with van der Waals surface area (Å²) in [6, 6.07) is 1.29. The van der Waals surface area contributed by atoms with Crippen LogP contribution in [-0.2, 0) is 0 Å².